The summed E-state index contributed by atoms with van der Waals surface area (Å²) in [6.07, 6.45) is 3.90. The van der Waals surface area contributed by atoms with Crippen LogP contribution < -0.4 is 10.2 Å². The first-order valence-corrected chi connectivity index (χ1v) is 9.48. The Hall–Kier alpha value is -1.86. The normalized spacial score (nSPS) is 18.7. The van der Waals surface area contributed by atoms with Crippen molar-refractivity contribution in [1.29, 1.82) is 0 Å². The first-order valence-electron chi connectivity index (χ1n) is 9.48. The van der Waals surface area contributed by atoms with Crippen molar-refractivity contribution in [3.8, 4) is 0 Å². The quantitative estimate of drug-likeness (QED) is 0.625. The molecule has 2 aliphatic heterocycles. The van der Waals surface area contributed by atoms with Crippen molar-refractivity contribution in [2.24, 2.45) is 5.92 Å². The zero-order chi connectivity index (χ0) is 18.7. The molecule has 0 spiro atoms. The maximum atomic E-state index is 12.8. The molecule has 1 aromatic rings. The van der Waals surface area contributed by atoms with Crippen molar-refractivity contribution in [1.82, 2.24) is 10.2 Å². The second-order valence-electron chi connectivity index (χ2n) is 7.53. The minimum absolute atomic E-state index is 0. The van der Waals surface area contributed by atoms with E-state index < -0.39 is 0 Å². The van der Waals surface area contributed by atoms with Gasteiger partial charge in [0, 0.05) is 37.8 Å². The smallest absolute Gasteiger partial charge is 0.293 e. The van der Waals surface area contributed by atoms with Crippen LogP contribution in [0.15, 0.2) is 18.2 Å². The van der Waals surface area contributed by atoms with Gasteiger partial charge in [-0.15, -0.1) is 12.4 Å². The van der Waals surface area contributed by atoms with Gasteiger partial charge in [-0.1, -0.05) is 6.92 Å². The fraction of sp³-hybridized carbons (Fsp3) is 0.632. The molecular formula is C19H29ClN4O3. The molecule has 8 heteroatoms. The molecule has 27 heavy (non-hydrogen) atoms. The van der Waals surface area contributed by atoms with Crippen molar-refractivity contribution in [3.05, 3.63) is 33.9 Å². The van der Waals surface area contributed by atoms with Gasteiger partial charge in [-0.3, -0.25) is 14.9 Å². The molecule has 0 atom stereocenters. The molecule has 2 saturated heterocycles. The fourth-order valence-electron chi connectivity index (χ4n) is 3.88. The Morgan fingerprint density at radius 3 is 2.44 bits per heavy atom. The van der Waals surface area contributed by atoms with Crippen LogP contribution in [0.2, 0.25) is 0 Å². The molecule has 1 amide bonds. The number of hydrogen-bond acceptors (Lipinski definition) is 5. The van der Waals surface area contributed by atoms with E-state index in [1.54, 1.807) is 24.1 Å². The number of amides is 1. The highest BCUT2D eigenvalue weighted by molar-refractivity contribution is 5.96. The fourth-order valence-corrected chi connectivity index (χ4v) is 3.88. The number of carbonyl (C=O) groups is 1. The van der Waals surface area contributed by atoms with Crippen molar-refractivity contribution >= 4 is 29.7 Å². The van der Waals surface area contributed by atoms with Gasteiger partial charge in [0.25, 0.3) is 11.6 Å². The Kier molecular flexibility index (Phi) is 7.44. The average molecular weight is 397 g/mol. The van der Waals surface area contributed by atoms with Gasteiger partial charge in [0.1, 0.15) is 5.69 Å². The van der Waals surface area contributed by atoms with Gasteiger partial charge in [-0.2, -0.15) is 0 Å². The van der Waals surface area contributed by atoms with E-state index in [1.807, 2.05) is 0 Å². The van der Waals surface area contributed by atoms with Crippen molar-refractivity contribution in [2.45, 2.75) is 38.6 Å². The summed E-state index contributed by atoms with van der Waals surface area (Å²) in [7, 11) is 1.80. The zero-order valence-corrected chi connectivity index (χ0v) is 16.8. The Bertz CT molecular complexity index is 671. The third kappa shape index (κ3) is 4.90. The van der Waals surface area contributed by atoms with Crippen LogP contribution in [-0.4, -0.2) is 55.0 Å². The van der Waals surface area contributed by atoms with Gasteiger partial charge in [0.15, 0.2) is 0 Å². The highest BCUT2D eigenvalue weighted by atomic mass is 35.5. The van der Waals surface area contributed by atoms with E-state index in [4.69, 9.17) is 0 Å². The van der Waals surface area contributed by atoms with Crippen molar-refractivity contribution in [3.63, 3.8) is 0 Å². The molecule has 7 nitrogen and oxygen atoms in total. The standard InChI is InChI=1S/C19H28N4O3.ClH/c1-14-7-11-22(12-8-14)17-4-3-15(13-18(17)23(25)26)19(24)21(2)16-5-9-20-10-6-16;/h3-4,13-14,16,20H,5-12H2,1-2H3;1H. The minimum Gasteiger partial charge on any atom is -0.366 e. The van der Waals surface area contributed by atoms with Crippen LogP contribution >= 0.6 is 12.4 Å². The lowest BCUT2D eigenvalue weighted by Crippen LogP contribution is -2.44. The number of piperidine rings is 2. The second kappa shape index (κ2) is 9.37. The molecule has 1 aromatic carbocycles. The van der Waals surface area contributed by atoms with E-state index in [9.17, 15) is 14.9 Å². The average Bonchev–Trinajstić information content (AvgIpc) is 2.67. The summed E-state index contributed by atoms with van der Waals surface area (Å²) >= 11 is 0. The summed E-state index contributed by atoms with van der Waals surface area (Å²) in [6, 6.07) is 5.12. The number of nitro groups is 1. The molecule has 0 unspecified atom stereocenters. The molecule has 2 fully saturated rings. The van der Waals surface area contributed by atoms with Crippen LogP contribution in [0.25, 0.3) is 0 Å². The molecule has 0 aliphatic carbocycles. The molecule has 0 bridgehead atoms. The van der Waals surface area contributed by atoms with Gasteiger partial charge < -0.3 is 15.1 Å². The molecule has 0 aromatic heterocycles. The topological polar surface area (TPSA) is 78.7 Å². The number of hydrogen-bond donors (Lipinski definition) is 1. The lowest BCUT2D eigenvalue weighted by atomic mass is 9.98. The van der Waals surface area contributed by atoms with E-state index in [1.165, 1.54) is 6.07 Å². The van der Waals surface area contributed by atoms with Gasteiger partial charge in [0.2, 0.25) is 0 Å². The van der Waals surface area contributed by atoms with E-state index in [-0.39, 0.29) is 35.0 Å². The lowest BCUT2D eigenvalue weighted by Gasteiger charge is -2.33. The van der Waals surface area contributed by atoms with Crippen molar-refractivity contribution in [2.75, 3.05) is 38.1 Å². The summed E-state index contributed by atoms with van der Waals surface area (Å²) in [5.74, 6) is 0.517. The van der Waals surface area contributed by atoms with E-state index in [0.29, 0.717) is 17.2 Å². The Morgan fingerprint density at radius 2 is 1.85 bits per heavy atom. The maximum Gasteiger partial charge on any atom is 0.293 e. The SMILES string of the molecule is CC1CCN(c2ccc(C(=O)N(C)C3CCNCC3)cc2[N+](=O)[O-])CC1.Cl. The van der Waals surface area contributed by atoms with Crippen molar-refractivity contribution < 1.29 is 9.72 Å². The Labute approximate surface area is 166 Å². The summed E-state index contributed by atoms with van der Waals surface area (Å²) < 4.78 is 0. The Morgan fingerprint density at radius 1 is 1.22 bits per heavy atom. The van der Waals surface area contributed by atoms with E-state index >= 15 is 0 Å². The van der Waals surface area contributed by atoms with E-state index in [2.05, 4.69) is 17.1 Å². The van der Waals surface area contributed by atoms with Crippen LogP contribution in [0.5, 0.6) is 0 Å². The van der Waals surface area contributed by atoms with Crippen LogP contribution in [-0.2, 0) is 0 Å². The van der Waals surface area contributed by atoms with Crippen LogP contribution in [0, 0.1) is 16.0 Å². The molecule has 0 radical (unpaired) electrons. The minimum atomic E-state index is -0.366. The number of anilines is 1. The third-order valence-corrected chi connectivity index (χ3v) is 5.72. The molecule has 2 heterocycles. The number of carbonyl (C=O) groups excluding carboxylic acids is 1. The number of rotatable bonds is 4. The summed E-state index contributed by atoms with van der Waals surface area (Å²) in [4.78, 5) is 27.9. The number of benzene rings is 1. The van der Waals surface area contributed by atoms with Gasteiger partial charge in [-0.25, -0.2) is 0 Å². The summed E-state index contributed by atoms with van der Waals surface area (Å²) in [5.41, 5.74) is 1.05. The number of nitrogens with one attached hydrogen (secondary N) is 1. The van der Waals surface area contributed by atoms with Gasteiger partial charge >= 0.3 is 0 Å². The third-order valence-electron chi connectivity index (χ3n) is 5.72. The van der Waals surface area contributed by atoms with Gasteiger partial charge in [-0.05, 0) is 56.8 Å². The Balaban J connectivity index is 0.00000261. The highest BCUT2D eigenvalue weighted by Gasteiger charge is 2.27. The van der Waals surface area contributed by atoms with E-state index in [0.717, 1.165) is 51.9 Å². The van der Waals surface area contributed by atoms with Crippen LogP contribution in [0.1, 0.15) is 43.0 Å². The second-order valence-corrected chi connectivity index (χ2v) is 7.53. The molecule has 3 rings (SSSR count). The maximum absolute atomic E-state index is 12.8. The first-order chi connectivity index (χ1) is 12.5. The largest absolute Gasteiger partial charge is 0.366 e. The summed E-state index contributed by atoms with van der Waals surface area (Å²) in [6.45, 7) is 5.65. The predicted molar refractivity (Wildman–Crippen MR) is 109 cm³/mol. The molecular weight excluding hydrogens is 368 g/mol. The summed E-state index contributed by atoms with van der Waals surface area (Å²) in [5, 5.41) is 14.9. The van der Waals surface area contributed by atoms with Crippen LogP contribution in [0.3, 0.4) is 0 Å². The molecule has 2 aliphatic rings. The number of nitro benzene ring substituents is 1. The first kappa shape index (κ1) is 21.4. The van der Waals surface area contributed by atoms with Gasteiger partial charge in [0.05, 0.1) is 4.92 Å². The monoisotopic (exact) mass is 396 g/mol. The number of halogens is 1. The zero-order valence-electron chi connectivity index (χ0n) is 16.0. The highest BCUT2D eigenvalue weighted by Crippen LogP contribution is 2.32. The molecule has 150 valence electrons. The lowest BCUT2D eigenvalue weighted by molar-refractivity contribution is -0.384. The molecule has 1 N–H and O–H groups in total. The van der Waals surface area contributed by atoms with Crippen LogP contribution in [0.4, 0.5) is 11.4 Å². The number of nitrogens with zero attached hydrogens (tertiary/aromatic N) is 3. The molecule has 0 saturated carbocycles. The predicted octanol–water partition coefficient (Wildman–Crippen LogP) is 3.08.